The highest BCUT2D eigenvalue weighted by Crippen LogP contribution is 2.32. The quantitative estimate of drug-likeness (QED) is 0.545. The van der Waals surface area contributed by atoms with Crippen molar-refractivity contribution in [2.75, 3.05) is 19.5 Å². The highest BCUT2D eigenvalue weighted by Gasteiger charge is 2.15. The zero-order chi connectivity index (χ0) is 19.5. The van der Waals surface area contributed by atoms with Crippen molar-refractivity contribution in [2.24, 2.45) is 0 Å². The number of hydrogen-bond acceptors (Lipinski definition) is 5. The second kappa shape index (κ2) is 7.44. The van der Waals surface area contributed by atoms with E-state index in [4.69, 9.17) is 14.0 Å². The predicted octanol–water partition coefficient (Wildman–Crippen LogP) is 4.76. The lowest BCUT2D eigenvalue weighted by molar-refractivity contribution is 0.101. The van der Waals surface area contributed by atoms with E-state index in [0.29, 0.717) is 22.9 Å². The first-order valence-electron chi connectivity index (χ1n) is 8.67. The molecule has 28 heavy (non-hydrogen) atoms. The first kappa shape index (κ1) is 17.6. The molecule has 1 N–H and O–H groups in total. The van der Waals surface area contributed by atoms with Crippen LogP contribution in [0.1, 0.15) is 10.5 Å². The third-order valence-electron chi connectivity index (χ3n) is 4.42. The number of nitrogens with one attached hydrogen (secondary N) is 1. The van der Waals surface area contributed by atoms with E-state index >= 15 is 0 Å². The number of rotatable bonds is 5. The third-order valence-corrected chi connectivity index (χ3v) is 4.42. The summed E-state index contributed by atoms with van der Waals surface area (Å²) in [6.45, 7) is 0. The standard InChI is InChI=1S/C22H18N2O4/c1-26-19-10-8-16(12-21(19)27-2)20-13-18(24-28-20)22(25)23-17-9-7-14-5-3-4-6-15(14)11-17/h3-13H,1-2H3,(H,23,25). The number of aromatic nitrogens is 1. The molecule has 4 aromatic rings. The average Bonchev–Trinajstić information content (AvgIpc) is 3.23. The summed E-state index contributed by atoms with van der Waals surface area (Å²) in [5.41, 5.74) is 1.62. The summed E-state index contributed by atoms with van der Waals surface area (Å²) >= 11 is 0. The number of amides is 1. The van der Waals surface area contributed by atoms with E-state index in [1.54, 1.807) is 32.4 Å². The van der Waals surface area contributed by atoms with Gasteiger partial charge in [0.25, 0.3) is 5.91 Å². The van der Waals surface area contributed by atoms with Crippen LogP contribution < -0.4 is 14.8 Å². The van der Waals surface area contributed by atoms with Gasteiger partial charge in [0.1, 0.15) is 0 Å². The Kier molecular flexibility index (Phi) is 4.68. The minimum absolute atomic E-state index is 0.193. The maximum Gasteiger partial charge on any atom is 0.277 e. The smallest absolute Gasteiger partial charge is 0.277 e. The number of fused-ring (bicyclic) bond motifs is 1. The monoisotopic (exact) mass is 374 g/mol. The van der Waals surface area contributed by atoms with Crippen LogP contribution in [-0.2, 0) is 0 Å². The molecule has 0 aliphatic rings. The molecule has 0 saturated carbocycles. The molecule has 1 heterocycles. The summed E-state index contributed by atoms with van der Waals surface area (Å²) < 4.78 is 15.9. The van der Waals surface area contributed by atoms with E-state index in [1.165, 1.54) is 0 Å². The molecule has 0 spiro atoms. The van der Waals surface area contributed by atoms with Gasteiger partial charge in [0.15, 0.2) is 23.0 Å². The summed E-state index contributed by atoms with van der Waals surface area (Å²) in [4.78, 5) is 12.5. The van der Waals surface area contributed by atoms with Gasteiger partial charge in [0, 0.05) is 17.3 Å². The Morgan fingerprint density at radius 1 is 0.893 bits per heavy atom. The molecule has 0 unspecified atom stereocenters. The van der Waals surface area contributed by atoms with E-state index in [9.17, 15) is 4.79 Å². The Hall–Kier alpha value is -3.80. The number of methoxy groups -OCH3 is 2. The molecular formula is C22H18N2O4. The third kappa shape index (κ3) is 3.40. The minimum Gasteiger partial charge on any atom is -0.493 e. The maximum atomic E-state index is 12.5. The molecule has 0 saturated heterocycles. The highest BCUT2D eigenvalue weighted by atomic mass is 16.5. The normalized spacial score (nSPS) is 10.6. The van der Waals surface area contributed by atoms with Gasteiger partial charge in [-0.05, 0) is 41.1 Å². The van der Waals surface area contributed by atoms with Crippen LogP contribution in [0.2, 0.25) is 0 Å². The van der Waals surface area contributed by atoms with Crippen molar-refractivity contribution in [1.82, 2.24) is 5.16 Å². The number of anilines is 1. The van der Waals surface area contributed by atoms with Crippen LogP contribution in [0.15, 0.2) is 71.3 Å². The number of benzene rings is 3. The van der Waals surface area contributed by atoms with E-state index in [2.05, 4.69) is 10.5 Å². The topological polar surface area (TPSA) is 73.6 Å². The fraction of sp³-hybridized carbons (Fsp3) is 0.0909. The van der Waals surface area contributed by atoms with Crippen molar-refractivity contribution in [3.63, 3.8) is 0 Å². The largest absolute Gasteiger partial charge is 0.493 e. The summed E-state index contributed by atoms with van der Waals surface area (Å²) in [6.07, 6.45) is 0. The highest BCUT2D eigenvalue weighted by molar-refractivity contribution is 6.04. The molecule has 140 valence electrons. The van der Waals surface area contributed by atoms with Crippen LogP contribution in [0.3, 0.4) is 0 Å². The van der Waals surface area contributed by atoms with Gasteiger partial charge in [-0.25, -0.2) is 0 Å². The van der Waals surface area contributed by atoms with Gasteiger partial charge >= 0.3 is 0 Å². The van der Waals surface area contributed by atoms with Gasteiger partial charge in [0.2, 0.25) is 0 Å². The summed E-state index contributed by atoms with van der Waals surface area (Å²) in [7, 11) is 3.13. The molecule has 3 aromatic carbocycles. The van der Waals surface area contributed by atoms with Crippen molar-refractivity contribution in [3.05, 3.63) is 72.4 Å². The van der Waals surface area contributed by atoms with Gasteiger partial charge in [0.05, 0.1) is 14.2 Å². The average molecular weight is 374 g/mol. The molecule has 0 aliphatic carbocycles. The Labute approximate surface area is 161 Å². The van der Waals surface area contributed by atoms with E-state index in [1.807, 2.05) is 48.5 Å². The molecule has 6 nitrogen and oxygen atoms in total. The van der Waals surface area contributed by atoms with E-state index in [0.717, 1.165) is 16.3 Å². The van der Waals surface area contributed by atoms with Crippen molar-refractivity contribution in [1.29, 1.82) is 0 Å². The Morgan fingerprint density at radius 2 is 1.68 bits per heavy atom. The summed E-state index contributed by atoms with van der Waals surface area (Å²) in [6, 6.07) is 20.6. The molecule has 6 heteroatoms. The molecule has 4 rings (SSSR count). The van der Waals surface area contributed by atoms with Crippen LogP contribution in [0.5, 0.6) is 11.5 Å². The zero-order valence-electron chi connectivity index (χ0n) is 15.4. The SMILES string of the molecule is COc1ccc(-c2cc(C(=O)Nc3ccc4ccccc4c3)no2)cc1OC. The van der Waals surface area contributed by atoms with Gasteiger partial charge in [-0.1, -0.05) is 35.5 Å². The fourth-order valence-electron chi connectivity index (χ4n) is 2.97. The summed E-state index contributed by atoms with van der Waals surface area (Å²) in [5, 5.41) is 8.90. The zero-order valence-corrected chi connectivity index (χ0v) is 15.4. The number of carbonyl (C=O) groups excluding carboxylic acids is 1. The number of ether oxygens (including phenoxy) is 2. The minimum atomic E-state index is -0.342. The predicted molar refractivity (Wildman–Crippen MR) is 107 cm³/mol. The lowest BCUT2D eigenvalue weighted by Crippen LogP contribution is -2.12. The van der Waals surface area contributed by atoms with Crippen molar-refractivity contribution in [2.45, 2.75) is 0 Å². The van der Waals surface area contributed by atoms with Crippen LogP contribution in [0.4, 0.5) is 5.69 Å². The Morgan fingerprint density at radius 3 is 2.46 bits per heavy atom. The second-order valence-corrected chi connectivity index (χ2v) is 6.16. The molecule has 0 aliphatic heterocycles. The first-order chi connectivity index (χ1) is 13.7. The van der Waals surface area contributed by atoms with E-state index < -0.39 is 0 Å². The molecule has 0 bridgehead atoms. The van der Waals surface area contributed by atoms with Crippen LogP contribution >= 0.6 is 0 Å². The Balaban J connectivity index is 1.55. The second-order valence-electron chi connectivity index (χ2n) is 6.16. The fourth-order valence-corrected chi connectivity index (χ4v) is 2.97. The molecule has 1 amide bonds. The van der Waals surface area contributed by atoms with Crippen LogP contribution in [-0.4, -0.2) is 25.3 Å². The van der Waals surface area contributed by atoms with Crippen molar-refractivity contribution in [3.8, 4) is 22.8 Å². The lowest BCUT2D eigenvalue weighted by Gasteiger charge is -2.07. The van der Waals surface area contributed by atoms with E-state index in [-0.39, 0.29) is 11.6 Å². The number of carbonyl (C=O) groups is 1. The maximum absolute atomic E-state index is 12.5. The van der Waals surface area contributed by atoms with Gasteiger partial charge in [-0.3, -0.25) is 4.79 Å². The molecule has 1 aromatic heterocycles. The van der Waals surface area contributed by atoms with Crippen LogP contribution in [0.25, 0.3) is 22.1 Å². The lowest BCUT2D eigenvalue weighted by atomic mass is 10.1. The molecule has 0 fully saturated rings. The number of nitrogens with zero attached hydrogens (tertiary/aromatic N) is 1. The van der Waals surface area contributed by atoms with Gasteiger partial charge in [-0.2, -0.15) is 0 Å². The summed E-state index contributed by atoms with van der Waals surface area (Å²) in [5.74, 6) is 1.30. The Bertz CT molecular complexity index is 1150. The van der Waals surface area contributed by atoms with Crippen molar-refractivity contribution >= 4 is 22.4 Å². The van der Waals surface area contributed by atoms with Crippen molar-refractivity contribution < 1.29 is 18.8 Å². The molecule has 0 atom stereocenters. The number of hydrogen-bond donors (Lipinski definition) is 1. The first-order valence-corrected chi connectivity index (χ1v) is 8.67. The van der Waals surface area contributed by atoms with Crippen LogP contribution in [0, 0.1) is 0 Å². The molecule has 0 radical (unpaired) electrons. The van der Waals surface area contributed by atoms with Gasteiger partial charge in [-0.15, -0.1) is 0 Å². The molecular weight excluding hydrogens is 356 g/mol. The van der Waals surface area contributed by atoms with Gasteiger partial charge < -0.3 is 19.3 Å².